The van der Waals surface area contributed by atoms with Crippen molar-refractivity contribution in [2.75, 3.05) is 0 Å². The van der Waals surface area contributed by atoms with E-state index in [1.165, 1.54) is 6.07 Å². The Bertz CT molecular complexity index is 370. The Labute approximate surface area is 87.8 Å². The Morgan fingerprint density at radius 3 is 2.73 bits per heavy atom. The van der Waals surface area contributed by atoms with Gasteiger partial charge in [0.15, 0.2) is 11.5 Å². The molecule has 5 heteroatoms. The summed E-state index contributed by atoms with van der Waals surface area (Å²) in [6.07, 6.45) is 0.402. The van der Waals surface area contributed by atoms with E-state index in [1.807, 2.05) is 0 Å². The molecule has 1 N–H and O–H groups in total. The zero-order valence-corrected chi connectivity index (χ0v) is 9.03. The van der Waals surface area contributed by atoms with Crippen LogP contribution in [0.5, 0.6) is 0 Å². The van der Waals surface area contributed by atoms with Crippen LogP contribution in [0.3, 0.4) is 0 Å². The number of amides is 1. The second kappa shape index (κ2) is 4.72. The van der Waals surface area contributed by atoms with Gasteiger partial charge in [0.1, 0.15) is 5.76 Å². The predicted molar refractivity (Wildman–Crippen MR) is 53.5 cm³/mol. The number of nitrogens with one attached hydrogen (secondary N) is 1. The van der Waals surface area contributed by atoms with Gasteiger partial charge in [0.25, 0.3) is 5.91 Å². The number of ketones is 1. The Hall–Kier alpha value is -1.65. The SMILES string of the molecule is CCC(=O)C(C)NC(=O)c1cc(C)on1. The van der Waals surface area contributed by atoms with Crippen LogP contribution in [0.4, 0.5) is 0 Å². The summed E-state index contributed by atoms with van der Waals surface area (Å²) >= 11 is 0. The molecule has 1 aromatic heterocycles. The number of carbonyl (C=O) groups excluding carboxylic acids is 2. The Kier molecular flexibility index (Phi) is 3.60. The quantitative estimate of drug-likeness (QED) is 0.807. The van der Waals surface area contributed by atoms with E-state index >= 15 is 0 Å². The van der Waals surface area contributed by atoms with Gasteiger partial charge < -0.3 is 9.84 Å². The zero-order chi connectivity index (χ0) is 11.4. The van der Waals surface area contributed by atoms with Crippen LogP contribution < -0.4 is 5.32 Å². The Morgan fingerprint density at radius 1 is 1.60 bits per heavy atom. The van der Waals surface area contributed by atoms with Crippen LogP contribution in [0.1, 0.15) is 36.5 Å². The maximum absolute atomic E-state index is 11.5. The highest BCUT2D eigenvalue weighted by Crippen LogP contribution is 2.02. The maximum Gasteiger partial charge on any atom is 0.274 e. The molecule has 15 heavy (non-hydrogen) atoms. The number of rotatable bonds is 4. The lowest BCUT2D eigenvalue weighted by Crippen LogP contribution is -2.38. The minimum absolute atomic E-state index is 0.0106. The van der Waals surface area contributed by atoms with Gasteiger partial charge in [0, 0.05) is 12.5 Å². The molecule has 0 bridgehead atoms. The van der Waals surface area contributed by atoms with Crippen molar-refractivity contribution in [3.05, 3.63) is 17.5 Å². The molecule has 0 aliphatic carbocycles. The predicted octanol–water partition coefficient (Wildman–Crippen LogP) is 1.08. The number of Topliss-reactive ketones (excluding diaryl/α,β-unsaturated/α-hetero) is 1. The molecule has 0 aliphatic rings. The van der Waals surface area contributed by atoms with Gasteiger partial charge in [0.05, 0.1) is 6.04 Å². The Balaban J connectivity index is 2.60. The minimum atomic E-state index is -0.487. The molecule has 82 valence electrons. The van der Waals surface area contributed by atoms with Crippen molar-refractivity contribution < 1.29 is 14.1 Å². The second-order valence-corrected chi connectivity index (χ2v) is 3.34. The molecule has 0 saturated heterocycles. The minimum Gasteiger partial charge on any atom is -0.361 e. The first-order valence-corrected chi connectivity index (χ1v) is 4.81. The monoisotopic (exact) mass is 210 g/mol. The van der Waals surface area contributed by atoms with E-state index in [0.717, 1.165) is 0 Å². The van der Waals surface area contributed by atoms with Gasteiger partial charge in [0.2, 0.25) is 0 Å². The van der Waals surface area contributed by atoms with Crippen LogP contribution in [0.2, 0.25) is 0 Å². The summed E-state index contributed by atoms with van der Waals surface area (Å²) in [5.41, 5.74) is 0.197. The Morgan fingerprint density at radius 2 is 2.27 bits per heavy atom. The summed E-state index contributed by atoms with van der Waals surface area (Å²) in [6, 6.07) is 1.04. The van der Waals surface area contributed by atoms with Crippen molar-refractivity contribution >= 4 is 11.7 Å². The molecule has 1 amide bonds. The van der Waals surface area contributed by atoms with Crippen molar-refractivity contribution in [1.29, 1.82) is 0 Å². The molecule has 1 unspecified atom stereocenters. The zero-order valence-electron chi connectivity index (χ0n) is 9.03. The highest BCUT2D eigenvalue weighted by atomic mass is 16.5. The van der Waals surface area contributed by atoms with Crippen LogP contribution in [0, 0.1) is 6.92 Å². The van der Waals surface area contributed by atoms with Crippen LogP contribution in [0.15, 0.2) is 10.6 Å². The van der Waals surface area contributed by atoms with Gasteiger partial charge in [-0.1, -0.05) is 12.1 Å². The van der Waals surface area contributed by atoms with E-state index in [4.69, 9.17) is 4.52 Å². The summed E-state index contributed by atoms with van der Waals surface area (Å²) < 4.78 is 4.76. The lowest BCUT2D eigenvalue weighted by atomic mass is 10.1. The van der Waals surface area contributed by atoms with Crippen LogP contribution in [0.25, 0.3) is 0 Å². The molecule has 0 spiro atoms. The molecule has 1 heterocycles. The van der Waals surface area contributed by atoms with Gasteiger partial charge in [-0.3, -0.25) is 9.59 Å². The first-order valence-electron chi connectivity index (χ1n) is 4.81. The van der Waals surface area contributed by atoms with Crippen molar-refractivity contribution in [2.24, 2.45) is 0 Å². The fraction of sp³-hybridized carbons (Fsp3) is 0.500. The third-order valence-electron chi connectivity index (χ3n) is 2.04. The lowest BCUT2D eigenvalue weighted by Gasteiger charge is -2.09. The van der Waals surface area contributed by atoms with Gasteiger partial charge in [-0.2, -0.15) is 0 Å². The second-order valence-electron chi connectivity index (χ2n) is 3.34. The average molecular weight is 210 g/mol. The van der Waals surface area contributed by atoms with E-state index in [2.05, 4.69) is 10.5 Å². The number of hydrogen-bond donors (Lipinski definition) is 1. The third kappa shape index (κ3) is 2.90. The normalized spacial score (nSPS) is 12.2. The number of carbonyl (C=O) groups is 2. The van der Waals surface area contributed by atoms with E-state index in [9.17, 15) is 9.59 Å². The fourth-order valence-corrected chi connectivity index (χ4v) is 1.13. The molecule has 0 saturated carbocycles. The molecule has 1 aromatic rings. The summed E-state index contributed by atoms with van der Waals surface area (Å²) in [5.74, 6) is 0.166. The van der Waals surface area contributed by atoms with Crippen LogP contribution in [-0.4, -0.2) is 22.9 Å². The summed E-state index contributed by atoms with van der Waals surface area (Å²) in [7, 11) is 0. The van der Waals surface area contributed by atoms with Crippen molar-refractivity contribution in [3.8, 4) is 0 Å². The van der Waals surface area contributed by atoms with Gasteiger partial charge in [-0.25, -0.2) is 0 Å². The van der Waals surface area contributed by atoms with E-state index in [1.54, 1.807) is 20.8 Å². The maximum atomic E-state index is 11.5. The molecule has 0 aromatic carbocycles. The standard InChI is InChI=1S/C10H14N2O3/c1-4-9(13)7(3)11-10(14)8-5-6(2)15-12-8/h5,7H,4H2,1-3H3,(H,11,14). The number of aromatic nitrogens is 1. The number of hydrogen-bond acceptors (Lipinski definition) is 4. The highest BCUT2D eigenvalue weighted by Gasteiger charge is 2.17. The summed E-state index contributed by atoms with van der Waals surface area (Å²) in [5, 5.41) is 6.10. The summed E-state index contributed by atoms with van der Waals surface area (Å²) in [6.45, 7) is 5.10. The van der Waals surface area contributed by atoms with E-state index in [0.29, 0.717) is 12.2 Å². The smallest absolute Gasteiger partial charge is 0.274 e. The number of nitrogens with zero attached hydrogens (tertiary/aromatic N) is 1. The molecule has 1 rings (SSSR count). The fourth-order valence-electron chi connectivity index (χ4n) is 1.13. The van der Waals surface area contributed by atoms with Crippen molar-refractivity contribution in [2.45, 2.75) is 33.2 Å². The van der Waals surface area contributed by atoms with Crippen molar-refractivity contribution in [1.82, 2.24) is 10.5 Å². The molecule has 0 fully saturated rings. The van der Waals surface area contributed by atoms with Gasteiger partial charge in [-0.15, -0.1) is 0 Å². The highest BCUT2D eigenvalue weighted by molar-refractivity contribution is 5.96. The third-order valence-corrected chi connectivity index (χ3v) is 2.04. The summed E-state index contributed by atoms with van der Waals surface area (Å²) in [4.78, 5) is 22.7. The van der Waals surface area contributed by atoms with E-state index < -0.39 is 6.04 Å². The molecule has 0 aliphatic heterocycles. The van der Waals surface area contributed by atoms with Crippen LogP contribution in [-0.2, 0) is 4.79 Å². The van der Waals surface area contributed by atoms with Crippen molar-refractivity contribution in [3.63, 3.8) is 0 Å². The number of aryl methyl sites for hydroxylation is 1. The lowest BCUT2D eigenvalue weighted by molar-refractivity contribution is -0.120. The molecular weight excluding hydrogens is 196 g/mol. The first-order chi connectivity index (χ1) is 7.04. The van der Waals surface area contributed by atoms with E-state index in [-0.39, 0.29) is 17.4 Å². The van der Waals surface area contributed by atoms with Gasteiger partial charge in [-0.05, 0) is 13.8 Å². The van der Waals surface area contributed by atoms with Gasteiger partial charge >= 0.3 is 0 Å². The topological polar surface area (TPSA) is 72.2 Å². The molecule has 5 nitrogen and oxygen atoms in total. The largest absolute Gasteiger partial charge is 0.361 e. The molecule has 0 radical (unpaired) electrons. The first kappa shape index (κ1) is 11.4. The van der Waals surface area contributed by atoms with Crippen LogP contribution >= 0.6 is 0 Å². The average Bonchev–Trinajstić information content (AvgIpc) is 2.63. The molecular formula is C10H14N2O3. The molecule has 1 atom stereocenters.